The van der Waals surface area contributed by atoms with E-state index in [1.807, 2.05) is 39.0 Å². The minimum Gasteiger partial charge on any atom is -0.494 e. The molecule has 1 atom stereocenters. The van der Waals surface area contributed by atoms with Crippen molar-refractivity contribution < 1.29 is 14.6 Å². The van der Waals surface area contributed by atoms with Gasteiger partial charge in [0.25, 0.3) is 0 Å². The molecule has 0 fully saturated rings. The van der Waals surface area contributed by atoms with Gasteiger partial charge in [0.05, 0.1) is 24.9 Å². The molecule has 1 aliphatic heterocycles. The van der Waals surface area contributed by atoms with Crippen LogP contribution in [0.2, 0.25) is 0 Å². The predicted octanol–water partition coefficient (Wildman–Crippen LogP) is 4.70. The van der Waals surface area contributed by atoms with E-state index in [1.54, 1.807) is 0 Å². The van der Waals surface area contributed by atoms with Crippen LogP contribution in [0.25, 0.3) is 0 Å². The summed E-state index contributed by atoms with van der Waals surface area (Å²) in [7, 11) is 0. The van der Waals surface area contributed by atoms with E-state index in [1.165, 1.54) is 5.57 Å². The van der Waals surface area contributed by atoms with E-state index in [0.717, 1.165) is 42.8 Å². The molecule has 0 radical (unpaired) electrons. The van der Waals surface area contributed by atoms with Gasteiger partial charge in [0.15, 0.2) is 0 Å². The Morgan fingerprint density at radius 2 is 2.13 bits per heavy atom. The van der Waals surface area contributed by atoms with Gasteiger partial charge in [-0.25, -0.2) is 0 Å². The largest absolute Gasteiger partial charge is 0.494 e. The lowest BCUT2D eigenvalue weighted by molar-refractivity contribution is -0.0579. The van der Waals surface area contributed by atoms with Gasteiger partial charge in [-0.3, -0.25) is 0 Å². The van der Waals surface area contributed by atoms with Crippen molar-refractivity contribution in [3.8, 4) is 0 Å². The minimum absolute atomic E-state index is 0.0366. The Hall–Kier alpha value is -1.32. The maximum absolute atomic E-state index is 9.54. The Labute approximate surface area is 141 Å². The van der Waals surface area contributed by atoms with Gasteiger partial charge < -0.3 is 14.6 Å². The van der Waals surface area contributed by atoms with Crippen LogP contribution in [0.1, 0.15) is 53.9 Å². The molecule has 0 aromatic carbocycles. The smallest absolute Gasteiger partial charge is 0.118 e. The van der Waals surface area contributed by atoms with Crippen LogP contribution in [-0.2, 0) is 9.47 Å². The zero-order chi connectivity index (χ0) is 17.5. The molecule has 1 aliphatic rings. The van der Waals surface area contributed by atoms with Crippen molar-refractivity contribution in [2.24, 2.45) is 0 Å². The van der Waals surface area contributed by atoms with Crippen LogP contribution in [0.5, 0.6) is 0 Å². The lowest BCUT2D eigenvalue weighted by atomic mass is 10.0. The summed E-state index contributed by atoms with van der Waals surface area (Å²) in [6, 6.07) is 0. The summed E-state index contributed by atoms with van der Waals surface area (Å²) >= 11 is 0. The van der Waals surface area contributed by atoms with Crippen molar-refractivity contribution in [2.45, 2.75) is 65.6 Å². The number of aliphatic hydroxyl groups excluding tert-OH is 1. The standard InChI is InChI=1S/C20H32O3/c1-7-17(13-18(14-21)23-20(4,5)6)15(2)10-11-19-16(3)9-8-12-22-19/h10-11,13,18,21H,2,7-9,12,14H2,1,3-6H3/b11-10-,17-13-. The molecule has 3 nitrogen and oxygen atoms in total. The molecule has 3 heteroatoms. The molecule has 1 rings (SSSR count). The number of hydrogen-bond donors (Lipinski definition) is 1. The van der Waals surface area contributed by atoms with Crippen LogP contribution >= 0.6 is 0 Å². The van der Waals surface area contributed by atoms with E-state index in [2.05, 4.69) is 20.4 Å². The SMILES string of the molecule is C=C(/C=C\C1=C(C)CCCO1)/C(=C\C(CO)OC(C)(C)C)CC. The quantitative estimate of drug-likeness (QED) is 0.691. The van der Waals surface area contributed by atoms with Gasteiger partial charge in [0, 0.05) is 0 Å². The highest BCUT2D eigenvalue weighted by atomic mass is 16.5. The third kappa shape index (κ3) is 7.19. The Morgan fingerprint density at radius 3 is 2.65 bits per heavy atom. The molecule has 1 N–H and O–H groups in total. The van der Waals surface area contributed by atoms with Crippen molar-refractivity contribution >= 4 is 0 Å². The Balaban J connectivity index is 2.83. The van der Waals surface area contributed by atoms with Crippen molar-refractivity contribution in [3.05, 3.63) is 47.3 Å². The third-order valence-corrected chi connectivity index (χ3v) is 3.68. The van der Waals surface area contributed by atoms with Crippen molar-refractivity contribution in [1.29, 1.82) is 0 Å². The molecule has 1 unspecified atom stereocenters. The van der Waals surface area contributed by atoms with Gasteiger partial charge in [0.1, 0.15) is 5.76 Å². The van der Waals surface area contributed by atoms with Crippen molar-refractivity contribution in [1.82, 2.24) is 0 Å². The van der Waals surface area contributed by atoms with Crippen LogP contribution in [0.15, 0.2) is 47.3 Å². The highest BCUT2D eigenvalue weighted by Gasteiger charge is 2.17. The van der Waals surface area contributed by atoms with Crippen LogP contribution in [0, 0.1) is 0 Å². The highest BCUT2D eigenvalue weighted by Crippen LogP contribution is 2.22. The lowest BCUT2D eigenvalue weighted by Gasteiger charge is -2.25. The normalized spacial score (nSPS) is 18.3. The molecule has 130 valence electrons. The summed E-state index contributed by atoms with van der Waals surface area (Å²) in [5.74, 6) is 0.956. The van der Waals surface area contributed by atoms with Crippen LogP contribution in [0.4, 0.5) is 0 Å². The van der Waals surface area contributed by atoms with E-state index in [-0.39, 0.29) is 18.3 Å². The van der Waals surface area contributed by atoms with Crippen LogP contribution in [0.3, 0.4) is 0 Å². The summed E-state index contributed by atoms with van der Waals surface area (Å²) in [4.78, 5) is 0. The van der Waals surface area contributed by atoms with Crippen LogP contribution < -0.4 is 0 Å². The predicted molar refractivity (Wildman–Crippen MR) is 96.3 cm³/mol. The summed E-state index contributed by atoms with van der Waals surface area (Å²) in [6.07, 6.45) is 8.67. The molecule has 0 saturated carbocycles. The van der Waals surface area contributed by atoms with E-state index in [4.69, 9.17) is 9.47 Å². The lowest BCUT2D eigenvalue weighted by Crippen LogP contribution is -2.28. The molecule has 0 saturated heterocycles. The fraction of sp³-hybridized carbons (Fsp3) is 0.600. The topological polar surface area (TPSA) is 38.7 Å². The third-order valence-electron chi connectivity index (χ3n) is 3.68. The first-order valence-corrected chi connectivity index (χ1v) is 8.46. The van der Waals surface area contributed by atoms with Crippen LogP contribution in [-0.4, -0.2) is 30.0 Å². The average molecular weight is 320 g/mol. The molecule has 0 spiro atoms. The average Bonchev–Trinajstić information content (AvgIpc) is 2.49. The Kier molecular flexibility index (Phi) is 7.80. The van der Waals surface area contributed by atoms with Gasteiger partial charge in [-0.05, 0) is 75.8 Å². The van der Waals surface area contributed by atoms with Gasteiger partial charge in [0.2, 0.25) is 0 Å². The fourth-order valence-corrected chi connectivity index (χ4v) is 2.49. The molecular weight excluding hydrogens is 288 g/mol. The highest BCUT2D eigenvalue weighted by molar-refractivity contribution is 5.40. The molecule has 23 heavy (non-hydrogen) atoms. The second kappa shape index (κ2) is 9.09. The van der Waals surface area contributed by atoms with E-state index in [0.29, 0.717) is 0 Å². The van der Waals surface area contributed by atoms with E-state index in [9.17, 15) is 5.11 Å². The molecule has 1 heterocycles. The van der Waals surface area contributed by atoms with Gasteiger partial charge in [-0.2, -0.15) is 0 Å². The molecule has 0 amide bonds. The van der Waals surface area contributed by atoms with Crippen molar-refractivity contribution in [3.63, 3.8) is 0 Å². The number of aliphatic hydroxyl groups is 1. The van der Waals surface area contributed by atoms with Gasteiger partial charge in [-0.1, -0.05) is 19.6 Å². The number of allylic oxidation sites excluding steroid dienone is 5. The number of rotatable bonds is 7. The maximum Gasteiger partial charge on any atom is 0.118 e. The summed E-state index contributed by atoms with van der Waals surface area (Å²) in [5, 5.41) is 9.54. The Bertz CT molecular complexity index is 490. The molecular formula is C20H32O3. The zero-order valence-corrected chi connectivity index (χ0v) is 15.3. The van der Waals surface area contributed by atoms with E-state index < -0.39 is 0 Å². The number of hydrogen-bond acceptors (Lipinski definition) is 3. The maximum atomic E-state index is 9.54. The van der Waals surface area contributed by atoms with E-state index >= 15 is 0 Å². The number of ether oxygens (including phenoxy) is 2. The fourth-order valence-electron chi connectivity index (χ4n) is 2.49. The van der Waals surface area contributed by atoms with Gasteiger partial charge >= 0.3 is 0 Å². The first-order valence-electron chi connectivity index (χ1n) is 8.46. The monoisotopic (exact) mass is 320 g/mol. The second-order valence-electron chi connectivity index (χ2n) is 6.95. The first kappa shape index (κ1) is 19.7. The molecule has 0 aromatic heterocycles. The summed E-state index contributed by atoms with van der Waals surface area (Å²) < 4.78 is 11.5. The molecule has 0 bridgehead atoms. The van der Waals surface area contributed by atoms with Gasteiger partial charge in [-0.15, -0.1) is 0 Å². The molecule has 0 aromatic rings. The summed E-state index contributed by atoms with van der Waals surface area (Å²) in [5.41, 5.74) is 3.00. The zero-order valence-electron chi connectivity index (χ0n) is 15.3. The minimum atomic E-state index is -0.318. The van der Waals surface area contributed by atoms with Crippen molar-refractivity contribution in [2.75, 3.05) is 13.2 Å². The Morgan fingerprint density at radius 1 is 1.43 bits per heavy atom. The molecule has 0 aliphatic carbocycles. The first-order chi connectivity index (χ1) is 10.8. The summed E-state index contributed by atoms with van der Waals surface area (Å²) in [6.45, 7) is 15.0. The second-order valence-corrected chi connectivity index (χ2v) is 6.95.